The van der Waals surface area contributed by atoms with E-state index in [0.29, 0.717) is 0 Å². The van der Waals surface area contributed by atoms with Crippen LogP contribution in [0.4, 0.5) is 0 Å². The monoisotopic (exact) mass is 851 g/mol. The summed E-state index contributed by atoms with van der Waals surface area (Å²) in [6.45, 7) is 0. The molecule has 5 heteroatoms. The molecule has 67 heavy (non-hydrogen) atoms. The summed E-state index contributed by atoms with van der Waals surface area (Å²) >= 11 is 0. The second-order valence-corrected chi connectivity index (χ2v) is 17.4. The Hall–Kier alpha value is -9.06. The molecule has 0 N–H and O–H groups in total. The van der Waals surface area contributed by atoms with Crippen molar-refractivity contribution in [2.45, 2.75) is 0 Å². The van der Waals surface area contributed by atoms with Crippen LogP contribution in [0.25, 0.3) is 137 Å². The second-order valence-electron chi connectivity index (χ2n) is 17.4. The molecule has 0 radical (unpaired) electrons. The third kappa shape index (κ3) is 5.88. The van der Waals surface area contributed by atoms with E-state index in [1.54, 1.807) is 0 Å². The molecule has 14 aromatic rings. The van der Waals surface area contributed by atoms with Crippen LogP contribution in [0.5, 0.6) is 0 Å². The lowest BCUT2D eigenvalue weighted by Gasteiger charge is -2.15. The van der Waals surface area contributed by atoms with Crippen molar-refractivity contribution in [3.8, 4) is 50.5 Å². The Morgan fingerprint density at radius 1 is 0.254 bits per heavy atom. The first-order valence-electron chi connectivity index (χ1n) is 22.7. The number of nitrogens with zero attached hydrogens (tertiary/aromatic N) is 5. The van der Waals surface area contributed by atoms with Crippen LogP contribution in [0.15, 0.2) is 225 Å². The SMILES string of the molecule is c1cc(-c2cc(-c3cccc(-c4cnc5c6ccccc6c6ccccc6c5n4)c3)cc(-n3c4ccccc4c4ccccc43)c2)cc(-c2cnc3c4ccccc4c4ccccc4c3n2)c1. The fourth-order valence-corrected chi connectivity index (χ4v) is 10.5. The van der Waals surface area contributed by atoms with E-state index in [0.717, 1.165) is 105 Å². The normalized spacial score (nSPS) is 11.9. The Kier molecular flexibility index (Phi) is 8.21. The van der Waals surface area contributed by atoms with E-state index in [-0.39, 0.29) is 0 Å². The van der Waals surface area contributed by atoms with Crippen LogP contribution in [0.1, 0.15) is 0 Å². The van der Waals surface area contributed by atoms with Gasteiger partial charge < -0.3 is 4.57 Å². The second kappa shape index (κ2) is 14.7. The van der Waals surface area contributed by atoms with Gasteiger partial charge >= 0.3 is 0 Å². The van der Waals surface area contributed by atoms with Gasteiger partial charge in [0.25, 0.3) is 0 Å². The van der Waals surface area contributed by atoms with Crippen LogP contribution >= 0.6 is 0 Å². The standard InChI is InChI=1S/C62H37N5/c1-5-25-51-45(19-1)47-21-3-7-27-53(47)61-59(51)63-36-55(65-61)40-17-13-15-38(31-40)42-33-43(35-44(34-42)67-57-29-11-9-23-49(57)50-24-10-12-30-58(50)67)39-16-14-18-41(32-39)56-37-64-60-52-26-6-2-20-46(52)48-22-4-8-28-54(48)62(60)66-56/h1-37H. The molecule has 0 aliphatic rings. The summed E-state index contributed by atoms with van der Waals surface area (Å²) in [5.41, 5.74) is 15.1. The van der Waals surface area contributed by atoms with Crippen LogP contribution in [0.2, 0.25) is 0 Å². The van der Waals surface area contributed by atoms with Crippen LogP contribution in [-0.4, -0.2) is 24.5 Å². The number of fused-ring (bicyclic) bond motifs is 15. The highest BCUT2D eigenvalue weighted by molar-refractivity contribution is 6.24. The smallest absolute Gasteiger partial charge is 0.0979 e. The topological polar surface area (TPSA) is 56.5 Å². The molecule has 14 rings (SSSR count). The van der Waals surface area contributed by atoms with E-state index in [2.05, 4.69) is 217 Å². The zero-order valence-corrected chi connectivity index (χ0v) is 36.1. The largest absolute Gasteiger partial charge is 0.309 e. The summed E-state index contributed by atoms with van der Waals surface area (Å²) in [5, 5.41) is 11.6. The van der Waals surface area contributed by atoms with Crippen LogP contribution < -0.4 is 0 Å². The fourth-order valence-electron chi connectivity index (χ4n) is 10.5. The maximum atomic E-state index is 5.36. The summed E-state index contributed by atoms with van der Waals surface area (Å²) in [7, 11) is 0. The molecule has 0 bridgehead atoms. The molecule has 0 fully saturated rings. The molecule has 0 unspecified atom stereocenters. The third-order valence-corrected chi connectivity index (χ3v) is 13.6. The summed E-state index contributed by atoms with van der Waals surface area (Å²) < 4.78 is 2.40. The maximum Gasteiger partial charge on any atom is 0.0979 e. The molecule has 5 nitrogen and oxygen atoms in total. The van der Waals surface area contributed by atoms with E-state index in [9.17, 15) is 0 Å². The number of rotatable bonds is 5. The molecule has 3 aromatic heterocycles. The number of para-hydroxylation sites is 2. The summed E-state index contributed by atoms with van der Waals surface area (Å²) in [5.74, 6) is 0. The van der Waals surface area contributed by atoms with Gasteiger partial charge in [0.05, 0.1) is 56.9 Å². The molecule has 11 aromatic carbocycles. The van der Waals surface area contributed by atoms with E-state index in [1.165, 1.54) is 32.3 Å². The lowest BCUT2D eigenvalue weighted by Crippen LogP contribution is -1.96. The predicted octanol–water partition coefficient (Wildman–Crippen LogP) is 16.0. The van der Waals surface area contributed by atoms with Gasteiger partial charge in [0.15, 0.2) is 0 Å². The number of aromatic nitrogens is 5. The van der Waals surface area contributed by atoms with Crippen molar-refractivity contribution in [1.29, 1.82) is 0 Å². The Morgan fingerprint density at radius 2 is 0.582 bits per heavy atom. The van der Waals surface area contributed by atoms with Gasteiger partial charge in [-0.05, 0) is 86.3 Å². The first-order valence-corrected chi connectivity index (χ1v) is 22.7. The van der Waals surface area contributed by atoms with Gasteiger partial charge in [-0.3, -0.25) is 9.97 Å². The van der Waals surface area contributed by atoms with Gasteiger partial charge in [-0.2, -0.15) is 0 Å². The summed E-state index contributed by atoms with van der Waals surface area (Å²) in [4.78, 5) is 20.9. The van der Waals surface area contributed by atoms with Crippen molar-refractivity contribution in [2.75, 3.05) is 0 Å². The Morgan fingerprint density at radius 3 is 1.00 bits per heavy atom. The quantitative estimate of drug-likeness (QED) is 0.162. The average Bonchev–Trinajstić information content (AvgIpc) is 3.75. The minimum atomic E-state index is 0.832. The molecule has 0 saturated carbocycles. The zero-order valence-electron chi connectivity index (χ0n) is 36.1. The third-order valence-electron chi connectivity index (χ3n) is 13.6. The van der Waals surface area contributed by atoms with Crippen molar-refractivity contribution in [1.82, 2.24) is 24.5 Å². The van der Waals surface area contributed by atoms with Gasteiger partial charge in [-0.1, -0.05) is 170 Å². The molecule has 0 aliphatic heterocycles. The fraction of sp³-hybridized carbons (Fsp3) is 0. The van der Waals surface area contributed by atoms with Crippen molar-refractivity contribution >= 4 is 87.0 Å². The highest BCUT2D eigenvalue weighted by Crippen LogP contribution is 2.40. The summed E-state index contributed by atoms with van der Waals surface area (Å²) in [6.07, 6.45) is 3.85. The predicted molar refractivity (Wildman–Crippen MR) is 279 cm³/mol. The molecular weight excluding hydrogens is 815 g/mol. The number of benzene rings is 11. The maximum absolute atomic E-state index is 5.36. The Balaban J connectivity index is 0.948. The molecule has 0 saturated heterocycles. The average molecular weight is 852 g/mol. The van der Waals surface area contributed by atoms with E-state index in [1.807, 2.05) is 12.4 Å². The van der Waals surface area contributed by atoms with E-state index < -0.39 is 0 Å². The lowest BCUT2D eigenvalue weighted by molar-refractivity contribution is 1.18. The Labute approximate surface area is 384 Å². The van der Waals surface area contributed by atoms with Crippen molar-refractivity contribution in [3.63, 3.8) is 0 Å². The van der Waals surface area contributed by atoms with Crippen LogP contribution in [0.3, 0.4) is 0 Å². The zero-order chi connectivity index (χ0) is 44.0. The lowest BCUT2D eigenvalue weighted by atomic mass is 9.95. The van der Waals surface area contributed by atoms with Gasteiger partial charge in [0, 0.05) is 49.1 Å². The highest BCUT2D eigenvalue weighted by Gasteiger charge is 2.18. The Bertz CT molecular complexity index is 4010. The first kappa shape index (κ1) is 37.3. The van der Waals surface area contributed by atoms with Gasteiger partial charge in [-0.15, -0.1) is 0 Å². The molecular formula is C62H37N5. The van der Waals surface area contributed by atoms with Gasteiger partial charge in [0.1, 0.15) is 0 Å². The molecule has 3 heterocycles. The van der Waals surface area contributed by atoms with E-state index in [4.69, 9.17) is 19.9 Å². The first-order chi connectivity index (χ1) is 33.2. The molecule has 310 valence electrons. The molecule has 0 atom stereocenters. The van der Waals surface area contributed by atoms with Crippen molar-refractivity contribution < 1.29 is 0 Å². The van der Waals surface area contributed by atoms with Gasteiger partial charge in [0.2, 0.25) is 0 Å². The minimum Gasteiger partial charge on any atom is -0.309 e. The number of hydrogen-bond acceptors (Lipinski definition) is 4. The minimum absolute atomic E-state index is 0.832. The molecule has 0 spiro atoms. The number of hydrogen-bond donors (Lipinski definition) is 0. The van der Waals surface area contributed by atoms with Crippen molar-refractivity contribution in [3.05, 3.63) is 225 Å². The molecule has 0 aliphatic carbocycles. The van der Waals surface area contributed by atoms with E-state index >= 15 is 0 Å². The van der Waals surface area contributed by atoms with Crippen LogP contribution in [0, 0.1) is 0 Å². The van der Waals surface area contributed by atoms with Crippen LogP contribution in [-0.2, 0) is 0 Å². The van der Waals surface area contributed by atoms with Crippen molar-refractivity contribution in [2.24, 2.45) is 0 Å². The highest BCUT2D eigenvalue weighted by atomic mass is 15.0. The molecule has 0 amide bonds. The van der Waals surface area contributed by atoms with Gasteiger partial charge in [-0.25, -0.2) is 9.97 Å². The summed E-state index contributed by atoms with van der Waals surface area (Å²) in [6, 6.07) is 75.8.